The Balaban J connectivity index is 2.16. The maximum atomic E-state index is 12.4. The van der Waals surface area contributed by atoms with Crippen LogP contribution in [0.15, 0.2) is 30.3 Å². The van der Waals surface area contributed by atoms with Crippen molar-refractivity contribution in [3.8, 4) is 0 Å². The Hall–Kier alpha value is -2.10. The first-order chi connectivity index (χ1) is 9.66. The topological polar surface area (TPSA) is 36.4 Å². The number of carbonyl (C=O) groups is 1. The van der Waals surface area contributed by atoms with E-state index in [2.05, 4.69) is 4.90 Å². The lowest BCUT2D eigenvalue weighted by Crippen LogP contribution is -2.24. The van der Waals surface area contributed by atoms with Crippen molar-refractivity contribution in [2.45, 2.75) is 12.8 Å². The molecule has 3 rings (SSSR count). The van der Waals surface area contributed by atoms with E-state index in [1.165, 1.54) is 12.8 Å². The van der Waals surface area contributed by atoms with Gasteiger partial charge in [0.15, 0.2) is 0 Å². The van der Waals surface area contributed by atoms with E-state index in [0.717, 1.165) is 35.4 Å². The minimum absolute atomic E-state index is 0.0315. The maximum absolute atomic E-state index is 12.4. The number of hydrogen-bond acceptors (Lipinski definition) is 3. The molecule has 20 heavy (non-hydrogen) atoms. The lowest BCUT2D eigenvalue weighted by molar-refractivity contribution is 0.0829. The monoisotopic (exact) mass is 269 g/mol. The molecule has 1 aliphatic rings. The third-order valence-electron chi connectivity index (χ3n) is 3.77. The first-order valence-electron chi connectivity index (χ1n) is 7.03. The first kappa shape index (κ1) is 12.9. The average molecular weight is 269 g/mol. The number of rotatable bonds is 2. The molecule has 2 heterocycles. The molecular formula is C16H19N3O. The summed E-state index contributed by atoms with van der Waals surface area (Å²) in [5.41, 5.74) is 1.63. The van der Waals surface area contributed by atoms with E-state index >= 15 is 0 Å². The third kappa shape index (κ3) is 2.22. The molecule has 1 aromatic heterocycles. The average Bonchev–Trinajstić information content (AvgIpc) is 2.99. The largest absolute Gasteiger partial charge is 0.357 e. The summed E-state index contributed by atoms with van der Waals surface area (Å²) < 4.78 is 0. The van der Waals surface area contributed by atoms with Gasteiger partial charge in [0.05, 0.1) is 11.1 Å². The third-order valence-corrected chi connectivity index (χ3v) is 3.77. The van der Waals surface area contributed by atoms with Crippen LogP contribution in [0, 0.1) is 0 Å². The molecule has 0 aliphatic carbocycles. The van der Waals surface area contributed by atoms with Crippen molar-refractivity contribution in [2.24, 2.45) is 0 Å². The van der Waals surface area contributed by atoms with Crippen molar-refractivity contribution < 1.29 is 4.79 Å². The number of aromatic nitrogens is 1. The number of fused-ring (bicyclic) bond motifs is 1. The summed E-state index contributed by atoms with van der Waals surface area (Å²) in [6.07, 6.45) is 2.40. The van der Waals surface area contributed by atoms with Gasteiger partial charge in [0.25, 0.3) is 5.91 Å². The van der Waals surface area contributed by atoms with Crippen LogP contribution in [0.3, 0.4) is 0 Å². The van der Waals surface area contributed by atoms with E-state index in [4.69, 9.17) is 4.98 Å². The molecule has 0 bridgehead atoms. The van der Waals surface area contributed by atoms with Crippen LogP contribution in [-0.4, -0.2) is 43.0 Å². The van der Waals surface area contributed by atoms with E-state index in [1.54, 1.807) is 19.0 Å². The highest BCUT2D eigenvalue weighted by Crippen LogP contribution is 2.26. The van der Waals surface area contributed by atoms with Gasteiger partial charge in [0, 0.05) is 32.6 Å². The highest BCUT2D eigenvalue weighted by atomic mass is 16.2. The van der Waals surface area contributed by atoms with E-state index in [0.29, 0.717) is 0 Å². The molecular weight excluding hydrogens is 250 g/mol. The highest BCUT2D eigenvalue weighted by molar-refractivity contribution is 6.06. The van der Waals surface area contributed by atoms with Crippen molar-refractivity contribution in [3.63, 3.8) is 0 Å². The number of para-hydroxylation sites is 1. The number of carbonyl (C=O) groups excluding carboxylic acids is 1. The Morgan fingerprint density at radius 3 is 2.60 bits per heavy atom. The summed E-state index contributed by atoms with van der Waals surface area (Å²) >= 11 is 0. The predicted molar refractivity (Wildman–Crippen MR) is 81.2 cm³/mol. The summed E-state index contributed by atoms with van der Waals surface area (Å²) in [5.74, 6) is 0.954. The molecule has 1 amide bonds. The second-order valence-corrected chi connectivity index (χ2v) is 5.44. The van der Waals surface area contributed by atoms with Crippen LogP contribution >= 0.6 is 0 Å². The van der Waals surface area contributed by atoms with Crippen molar-refractivity contribution in [1.29, 1.82) is 0 Å². The standard InChI is InChI=1S/C16H19N3O/c1-18(2)16(20)13-11-15(19-9-5-6-10-19)17-14-8-4-3-7-12(13)14/h3-4,7-8,11H,5-6,9-10H2,1-2H3. The number of pyridine rings is 1. The minimum Gasteiger partial charge on any atom is -0.357 e. The van der Waals surface area contributed by atoms with Crippen LogP contribution in [0.25, 0.3) is 10.9 Å². The number of nitrogens with zero attached hydrogens (tertiary/aromatic N) is 3. The van der Waals surface area contributed by atoms with Gasteiger partial charge in [-0.2, -0.15) is 0 Å². The van der Waals surface area contributed by atoms with Crippen molar-refractivity contribution in [2.75, 3.05) is 32.1 Å². The summed E-state index contributed by atoms with van der Waals surface area (Å²) in [6, 6.07) is 9.79. The second kappa shape index (κ2) is 5.12. The SMILES string of the molecule is CN(C)C(=O)c1cc(N2CCCC2)nc2ccccc12. The molecule has 0 radical (unpaired) electrons. The van der Waals surface area contributed by atoms with Gasteiger partial charge < -0.3 is 9.80 Å². The van der Waals surface area contributed by atoms with Gasteiger partial charge in [-0.15, -0.1) is 0 Å². The summed E-state index contributed by atoms with van der Waals surface area (Å²) in [7, 11) is 3.57. The Labute approximate surface area is 119 Å². The molecule has 104 valence electrons. The van der Waals surface area contributed by atoms with Gasteiger partial charge in [0.1, 0.15) is 5.82 Å². The van der Waals surface area contributed by atoms with Gasteiger partial charge in [0.2, 0.25) is 0 Å². The van der Waals surface area contributed by atoms with Crippen molar-refractivity contribution in [1.82, 2.24) is 9.88 Å². The molecule has 0 unspecified atom stereocenters. The zero-order chi connectivity index (χ0) is 14.1. The molecule has 2 aromatic rings. The number of benzene rings is 1. The van der Waals surface area contributed by atoms with E-state index in [9.17, 15) is 4.79 Å². The summed E-state index contributed by atoms with van der Waals surface area (Å²) in [4.78, 5) is 21.0. The van der Waals surface area contributed by atoms with Crippen LogP contribution < -0.4 is 4.90 Å². The van der Waals surface area contributed by atoms with Crippen LogP contribution in [0.1, 0.15) is 23.2 Å². The van der Waals surface area contributed by atoms with Gasteiger partial charge in [-0.1, -0.05) is 18.2 Å². The molecule has 1 fully saturated rings. The lowest BCUT2D eigenvalue weighted by atomic mass is 10.1. The highest BCUT2D eigenvalue weighted by Gasteiger charge is 2.19. The first-order valence-corrected chi connectivity index (χ1v) is 7.03. The molecule has 1 aliphatic heterocycles. The minimum atomic E-state index is 0.0315. The Bertz CT molecular complexity index is 645. The Morgan fingerprint density at radius 1 is 1.20 bits per heavy atom. The molecule has 0 spiro atoms. The van der Waals surface area contributed by atoms with Crippen LogP contribution in [0.5, 0.6) is 0 Å². The van der Waals surface area contributed by atoms with Crippen LogP contribution in [-0.2, 0) is 0 Å². The summed E-state index contributed by atoms with van der Waals surface area (Å²) in [6.45, 7) is 2.06. The normalized spacial score (nSPS) is 14.8. The van der Waals surface area contributed by atoms with Crippen molar-refractivity contribution in [3.05, 3.63) is 35.9 Å². The van der Waals surface area contributed by atoms with Gasteiger partial charge in [-0.05, 0) is 25.0 Å². The maximum Gasteiger partial charge on any atom is 0.254 e. The fraction of sp³-hybridized carbons (Fsp3) is 0.375. The summed E-state index contributed by atoms with van der Waals surface area (Å²) in [5, 5.41) is 0.925. The van der Waals surface area contributed by atoms with E-state index in [-0.39, 0.29) is 5.91 Å². The molecule has 1 saturated heterocycles. The van der Waals surface area contributed by atoms with Crippen molar-refractivity contribution >= 4 is 22.6 Å². The Kier molecular flexibility index (Phi) is 3.30. The van der Waals surface area contributed by atoms with Gasteiger partial charge in [-0.3, -0.25) is 4.79 Å². The molecule has 0 saturated carbocycles. The zero-order valence-electron chi connectivity index (χ0n) is 12.0. The van der Waals surface area contributed by atoms with Crippen LogP contribution in [0.2, 0.25) is 0 Å². The predicted octanol–water partition coefficient (Wildman–Crippen LogP) is 2.54. The zero-order valence-corrected chi connectivity index (χ0v) is 12.0. The quantitative estimate of drug-likeness (QED) is 0.840. The van der Waals surface area contributed by atoms with E-state index < -0.39 is 0 Å². The van der Waals surface area contributed by atoms with Gasteiger partial charge in [-0.25, -0.2) is 4.98 Å². The van der Waals surface area contributed by atoms with Crippen LogP contribution in [0.4, 0.5) is 5.82 Å². The molecule has 1 aromatic carbocycles. The lowest BCUT2D eigenvalue weighted by Gasteiger charge is -2.19. The van der Waals surface area contributed by atoms with E-state index in [1.807, 2.05) is 30.3 Å². The smallest absolute Gasteiger partial charge is 0.254 e. The fourth-order valence-corrected chi connectivity index (χ4v) is 2.69. The molecule has 4 heteroatoms. The molecule has 0 atom stereocenters. The molecule has 4 nitrogen and oxygen atoms in total. The Morgan fingerprint density at radius 2 is 1.90 bits per heavy atom. The van der Waals surface area contributed by atoms with Gasteiger partial charge >= 0.3 is 0 Å². The molecule has 0 N–H and O–H groups in total. The number of anilines is 1. The number of hydrogen-bond donors (Lipinski definition) is 0. The second-order valence-electron chi connectivity index (χ2n) is 5.44. The fourth-order valence-electron chi connectivity index (χ4n) is 2.69. The number of amides is 1.